The van der Waals surface area contributed by atoms with E-state index in [9.17, 15) is 9.59 Å². The standard InChI is InChI=1S/C18H28O5/c1-13-14(2)16(10-6-8-12-18(20)22-4)23-15(13)9-5-7-11-17(19)21-3/h5-12H2,1-4H3. The monoisotopic (exact) mass is 324 g/mol. The van der Waals surface area contributed by atoms with Crippen LogP contribution in [-0.2, 0) is 31.9 Å². The lowest BCUT2D eigenvalue weighted by molar-refractivity contribution is -0.141. The van der Waals surface area contributed by atoms with Gasteiger partial charge in [0.25, 0.3) is 0 Å². The minimum Gasteiger partial charge on any atom is -0.469 e. The molecule has 5 nitrogen and oxygen atoms in total. The minimum atomic E-state index is -0.163. The first kappa shape index (κ1) is 19.3. The van der Waals surface area contributed by atoms with Crippen molar-refractivity contribution < 1.29 is 23.5 Å². The average molecular weight is 324 g/mol. The van der Waals surface area contributed by atoms with Crippen LogP contribution in [0.3, 0.4) is 0 Å². The molecule has 0 aliphatic carbocycles. The molecule has 1 rings (SSSR count). The fraction of sp³-hybridized carbons (Fsp3) is 0.667. The average Bonchev–Trinajstić information content (AvgIpc) is 2.83. The Bertz CT molecular complexity index is 471. The van der Waals surface area contributed by atoms with Gasteiger partial charge in [-0.1, -0.05) is 0 Å². The van der Waals surface area contributed by atoms with Crippen molar-refractivity contribution in [2.45, 2.75) is 65.2 Å². The second-order valence-corrected chi connectivity index (χ2v) is 5.76. The van der Waals surface area contributed by atoms with Crippen LogP contribution in [0.15, 0.2) is 4.42 Å². The quantitative estimate of drug-likeness (QED) is 0.485. The Labute approximate surface area is 138 Å². The van der Waals surface area contributed by atoms with Crippen LogP contribution in [0.4, 0.5) is 0 Å². The highest BCUT2D eigenvalue weighted by molar-refractivity contribution is 5.69. The van der Waals surface area contributed by atoms with Crippen molar-refractivity contribution in [3.8, 4) is 0 Å². The van der Waals surface area contributed by atoms with Gasteiger partial charge in [0.05, 0.1) is 14.2 Å². The number of aryl methyl sites for hydroxylation is 2. The number of esters is 2. The summed E-state index contributed by atoms with van der Waals surface area (Å²) in [5, 5.41) is 0. The van der Waals surface area contributed by atoms with Gasteiger partial charge in [-0.3, -0.25) is 9.59 Å². The molecule has 0 spiro atoms. The molecule has 23 heavy (non-hydrogen) atoms. The van der Waals surface area contributed by atoms with Crippen molar-refractivity contribution in [3.05, 3.63) is 22.6 Å². The summed E-state index contributed by atoms with van der Waals surface area (Å²) >= 11 is 0. The van der Waals surface area contributed by atoms with Crippen molar-refractivity contribution >= 4 is 11.9 Å². The maximum Gasteiger partial charge on any atom is 0.305 e. The van der Waals surface area contributed by atoms with Gasteiger partial charge in [-0.15, -0.1) is 0 Å². The molecule has 0 radical (unpaired) electrons. The molecule has 0 unspecified atom stereocenters. The van der Waals surface area contributed by atoms with Crippen LogP contribution in [-0.4, -0.2) is 26.2 Å². The van der Waals surface area contributed by atoms with Gasteiger partial charge in [0, 0.05) is 25.7 Å². The highest BCUT2D eigenvalue weighted by Gasteiger charge is 2.13. The van der Waals surface area contributed by atoms with Gasteiger partial charge in [-0.05, 0) is 50.7 Å². The lowest BCUT2D eigenvalue weighted by Crippen LogP contribution is -1.99. The molecule has 0 aliphatic heterocycles. The Kier molecular flexibility index (Phi) is 8.45. The molecular weight excluding hydrogens is 296 g/mol. The number of carbonyl (C=O) groups is 2. The smallest absolute Gasteiger partial charge is 0.305 e. The third-order valence-corrected chi connectivity index (χ3v) is 4.17. The Morgan fingerprint density at radius 1 is 0.783 bits per heavy atom. The van der Waals surface area contributed by atoms with Crippen molar-refractivity contribution in [2.24, 2.45) is 0 Å². The fourth-order valence-electron chi connectivity index (χ4n) is 2.51. The molecule has 0 saturated carbocycles. The van der Waals surface area contributed by atoms with Crippen LogP contribution in [0.25, 0.3) is 0 Å². The second kappa shape index (κ2) is 10.1. The minimum absolute atomic E-state index is 0.163. The summed E-state index contributed by atoms with van der Waals surface area (Å²) in [7, 11) is 2.82. The third kappa shape index (κ3) is 6.47. The van der Waals surface area contributed by atoms with Crippen LogP contribution in [0, 0.1) is 13.8 Å². The molecule has 0 fully saturated rings. The summed E-state index contributed by atoms with van der Waals surface area (Å²) in [6, 6.07) is 0. The first-order valence-corrected chi connectivity index (χ1v) is 8.21. The molecule has 0 aromatic carbocycles. The molecule has 1 aromatic heterocycles. The number of unbranched alkanes of at least 4 members (excludes halogenated alkanes) is 2. The molecule has 5 heteroatoms. The van der Waals surface area contributed by atoms with E-state index < -0.39 is 0 Å². The molecule has 0 N–H and O–H groups in total. The van der Waals surface area contributed by atoms with E-state index in [1.165, 1.54) is 25.3 Å². The van der Waals surface area contributed by atoms with Gasteiger partial charge < -0.3 is 13.9 Å². The number of ether oxygens (including phenoxy) is 2. The van der Waals surface area contributed by atoms with Crippen molar-refractivity contribution in [1.82, 2.24) is 0 Å². The number of carbonyl (C=O) groups excluding carboxylic acids is 2. The Morgan fingerprint density at radius 3 is 1.52 bits per heavy atom. The zero-order chi connectivity index (χ0) is 17.2. The van der Waals surface area contributed by atoms with Crippen LogP contribution >= 0.6 is 0 Å². The Hall–Kier alpha value is -1.78. The lowest BCUT2D eigenvalue weighted by Gasteiger charge is -2.01. The predicted molar refractivity (Wildman–Crippen MR) is 87.3 cm³/mol. The molecule has 0 bridgehead atoms. The maximum absolute atomic E-state index is 11.1. The first-order chi connectivity index (χ1) is 11.0. The van der Waals surface area contributed by atoms with Gasteiger partial charge in [0.15, 0.2) is 0 Å². The molecule has 1 aromatic rings. The maximum atomic E-state index is 11.1. The summed E-state index contributed by atoms with van der Waals surface area (Å²) in [6.07, 6.45) is 6.01. The van der Waals surface area contributed by atoms with E-state index in [-0.39, 0.29) is 11.9 Å². The number of hydrogen-bond donors (Lipinski definition) is 0. The van der Waals surface area contributed by atoms with Gasteiger partial charge in [0.1, 0.15) is 11.5 Å². The summed E-state index contributed by atoms with van der Waals surface area (Å²) in [6.45, 7) is 4.15. The van der Waals surface area contributed by atoms with Gasteiger partial charge in [-0.2, -0.15) is 0 Å². The summed E-state index contributed by atoms with van der Waals surface area (Å²) in [4.78, 5) is 22.2. The molecule has 0 aliphatic rings. The Morgan fingerprint density at radius 2 is 1.17 bits per heavy atom. The zero-order valence-electron chi connectivity index (χ0n) is 14.7. The van der Waals surface area contributed by atoms with Gasteiger partial charge >= 0.3 is 11.9 Å². The van der Waals surface area contributed by atoms with E-state index >= 15 is 0 Å². The van der Waals surface area contributed by atoms with E-state index in [1.54, 1.807) is 0 Å². The fourth-order valence-corrected chi connectivity index (χ4v) is 2.51. The number of methoxy groups -OCH3 is 2. The topological polar surface area (TPSA) is 65.7 Å². The molecule has 130 valence electrons. The first-order valence-electron chi connectivity index (χ1n) is 8.21. The van der Waals surface area contributed by atoms with Gasteiger partial charge in [0.2, 0.25) is 0 Å². The van der Waals surface area contributed by atoms with E-state index in [0.717, 1.165) is 50.0 Å². The second-order valence-electron chi connectivity index (χ2n) is 5.76. The molecule has 0 amide bonds. The zero-order valence-corrected chi connectivity index (χ0v) is 14.7. The van der Waals surface area contributed by atoms with Crippen molar-refractivity contribution in [2.75, 3.05) is 14.2 Å². The molecule has 1 heterocycles. The highest BCUT2D eigenvalue weighted by atomic mass is 16.5. The molecular formula is C18H28O5. The molecule has 0 atom stereocenters. The number of rotatable bonds is 10. The SMILES string of the molecule is COC(=O)CCCCc1oc(CCCCC(=O)OC)c(C)c1C. The van der Waals surface area contributed by atoms with E-state index in [0.29, 0.717) is 12.8 Å². The lowest BCUT2D eigenvalue weighted by atomic mass is 10.0. The third-order valence-electron chi connectivity index (χ3n) is 4.17. The molecule has 0 saturated heterocycles. The number of hydrogen-bond acceptors (Lipinski definition) is 5. The van der Waals surface area contributed by atoms with Crippen LogP contribution < -0.4 is 0 Å². The highest BCUT2D eigenvalue weighted by Crippen LogP contribution is 2.24. The van der Waals surface area contributed by atoms with Crippen molar-refractivity contribution in [1.29, 1.82) is 0 Å². The van der Waals surface area contributed by atoms with Gasteiger partial charge in [-0.25, -0.2) is 0 Å². The van der Waals surface area contributed by atoms with Crippen LogP contribution in [0.5, 0.6) is 0 Å². The Balaban J connectivity index is 2.41. The van der Waals surface area contributed by atoms with E-state index in [4.69, 9.17) is 4.42 Å². The summed E-state index contributed by atoms with van der Waals surface area (Å²) in [5.74, 6) is 1.69. The largest absolute Gasteiger partial charge is 0.469 e. The normalized spacial score (nSPS) is 10.6. The number of furan rings is 1. The van der Waals surface area contributed by atoms with E-state index in [1.807, 2.05) is 0 Å². The van der Waals surface area contributed by atoms with Crippen molar-refractivity contribution in [3.63, 3.8) is 0 Å². The predicted octanol–water partition coefficient (Wildman–Crippen LogP) is 3.67. The van der Waals surface area contributed by atoms with Crippen LogP contribution in [0.2, 0.25) is 0 Å². The summed E-state index contributed by atoms with van der Waals surface area (Å²) in [5.41, 5.74) is 2.40. The summed E-state index contributed by atoms with van der Waals surface area (Å²) < 4.78 is 15.2. The van der Waals surface area contributed by atoms with Crippen LogP contribution in [0.1, 0.15) is 61.2 Å². The van der Waals surface area contributed by atoms with E-state index in [2.05, 4.69) is 23.3 Å².